The van der Waals surface area contributed by atoms with Gasteiger partial charge in [-0.2, -0.15) is 0 Å². The van der Waals surface area contributed by atoms with Gasteiger partial charge in [0.2, 0.25) is 0 Å². The first-order valence-electron chi connectivity index (χ1n) is 6.87. The Kier molecular flexibility index (Phi) is 5.43. The predicted octanol–water partition coefficient (Wildman–Crippen LogP) is 2.62. The maximum atomic E-state index is 9.22. The molecule has 2 heterocycles. The minimum absolute atomic E-state index is 0.129. The van der Waals surface area contributed by atoms with Crippen LogP contribution in [0.25, 0.3) is 0 Å². The first kappa shape index (κ1) is 14.6. The van der Waals surface area contributed by atoms with Gasteiger partial charge in [0.25, 0.3) is 0 Å². The standard InChI is InChI=1S/C14H21ClN2O2/c1-2-8-19-11-4-3-7-17(9-11)14-6-5-12(15)13(10-18)16-14/h5-6,11,18H,2-4,7-10H2,1H3. The highest BCUT2D eigenvalue weighted by Gasteiger charge is 2.21. The van der Waals surface area contributed by atoms with Crippen molar-refractivity contribution in [1.29, 1.82) is 0 Å². The largest absolute Gasteiger partial charge is 0.390 e. The molecule has 1 aromatic heterocycles. The minimum atomic E-state index is -0.129. The van der Waals surface area contributed by atoms with E-state index in [1.54, 1.807) is 6.07 Å². The lowest BCUT2D eigenvalue weighted by molar-refractivity contribution is 0.0439. The van der Waals surface area contributed by atoms with E-state index < -0.39 is 0 Å². The maximum Gasteiger partial charge on any atom is 0.129 e. The van der Waals surface area contributed by atoms with E-state index in [1.165, 1.54) is 0 Å². The van der Waals surface area contributed by atoms with Gasteiger partial charge in [0.05, 0.1) is 23.4 Å². The van der Waals surface area contributed by atoms with Crippen LogP contribution in [-0.4, -0.2) is 35.9 Å². The quantitative estimate of drug-likeness (QED) is 0.903. The third-order valence-corrected chi connectivity index (χ3v) is 3.66. The van der Waals surface area contributed by atoms with E-state index in [1.807, 2.05) is 6.07 Å². The molecule has 0 bridgehead atoms. The van der Waals surface area contributed by atoms with Crippen LogP contribution in [0.15, 0.2) is 12.1 Å². The number of anilines is 1. The molecule has 19 heavy (non-hydrogen) atoms. The van der Waals surface area contributed by atoms with Crippen molar-refractivity contribution in [2.24, 2.45) is 0 Å². The Morgan fingerprint density at radius 3 is 3.11 bits per heavy atom. The molecule has 1 N–H and O–H groups in total. The normalized spacial score (nSPS) is 19.7. The number of halogens is 1. The number of piperidine rings is 1. The van der Waals surface area contributed by atoms with Gasteiger partial charge in [0.1, 0.15) is 5.82 Å². The monoisotopic (exact) mass is 284 g/mol. The number of rotatable bonds is 5. The molecule has 1 unspecified atom stereocenters. The highest BCUT2D eigenvalue weighted by Crippen LogP contribution is 2.23. The first-order valence-corrected chi connectivity index (χ1v) is 7.25. The third kappa shape index (κ3) is 3.81. The second-order valence-electron chi connectivity index (χ2n) is 4.84. The van der Waals surface area contributed by atoms with Gasteiger partial charge >= 0.3 is 0 Å². The Hall–Kier alpha value is -0.840. The summed E-state index contributed by atoms with van der Waals surface area (Å²) in [5.74, 6) is 0.873. The van der Waals surface area contributed by atoms with E-state index in [4.69, 9.17) is 16.3 Å². The van der Waals surface area contributed by atoms with E-state index in [-0.39, 0.29) is 12.7 Å². The number of ether oxygens (including phenoxy) is 1. The van der Waals surface area contributed by atoms with E-state index in [0.717, 1.165) is 44.8 Å². The molecule has 0 saturated carbocycles. The van der Waals surface area contributed by atoms with Crippen LogP contribution in [0.4, 0.5) is 5.82 Å². The van der Waals surface area contributed by atoms with Crippen LogP contribution in [0.3, 0.4) is 0 Å². The van der Waals surface area contributed by atoms with Gasteiger partial charge in [-0.1, -0.05) is 18.5 Å². The van der Waals surface area contributed by atoms with Crippen LogP contribution in [0.5, 0.6) is 0 Å². The van der Waals surface area contributed by atoms with Gasteiger partial charge in [0.15, 0.2) is 0 Å². The molecule has 4 nitrogen and oxygen atoms in total. The molecule has 1 aliphatic heterocycles. The number of hydrogen-bond acceptors (Lipinski definition) is 4. The van der Waals surface area contributed by atoms with Gasteiger partial charge in [-0.3, -0.25) is 0 Å². The number of pyridine rings is 1. The predicted molar refractivity (Wildman–Crippen MR) is 76.6 cm³/mol. The van der Waals surface area contributed by atoms with Crippen LogP contribution >= 0.6 is 11.6 Å². The van der Waals surface area contributed by atoms with E-state index >= 15 is 0 Å². The zero-order valence-corrected chi connectivity index (χ0v) is 12.1. The molecule has 1 fully saturated rings. The van der Waals surface area contributed by atoms with Crippen LogP contribution in [0.1, 0.15) is 31.9 Å². The summed E-state index contributed by atoms with van der Waals surface area (Å²) >= 11 is 5.97. The van der Waals surface area contributed by atoms with Gasteiger partial charge in [-0.15, -0.1) is 0 Å². The van der Waals surface area contributed by atoms with Crippen molar-refractivity contribution < 1.29 is 9.84 Å². The Morgan fingerprint density at radius 2 is 2.37 bits per heavy atom. The van der Waals surface area contributed by atoms with E-state index in [2.05, 4.69) is 16.8 Å². The summed E-state index contributed by atoms with van der Waals surface area (Å²) in [6.07, 6.45) is 3.54. The van der Waals surface area contributed by atoms with E-state index in [9.17, 15) is 5.11 Å². The van der Waals surface area contributed by atoms with Crippen molar-refractivity contribution in [3.8, 4) is 0 Å². The molecular weight excluding hydrogens is 264 g/mol. The van der Waals surface area contributed by atoms with Crippen molar-refractivity contribution in [1.82, 2.24) is 4.98 Å². The topological polar surface area (TPSA) is 45.6 Å². The molecule has 1 saturated heterocycles. The zero-order chi connectivity index (χ0) is 13.7. The molecule has 0 radical (unpaired) electrons. The van der Waals surface area contributed by atoms with Crippen LogP contribution in [0, 0.1) is 0 Å². The Morgan fingerprint density at radius 1 is 1.53 bits per heavy atom. The van der Waals surface area contributed by atoms with Gasteiger partial charge < -0.3 is 14.7 Å². The summed E-state index contributed by atoms with van der Waals surface area (Å²) < 4.78 is 5.82. The second-order valence-corrected chi connectivity index (χ2v) is 5.24. The summed E-state index contributed by atoms with van der Waals surface area (Å²) in [6.45, 7) is 4.64. The molecule has 1 aliphatic rings. The van der Waals surface area contributed by atoms with Crippen LogP contribution in [-0.2, 0) is 11.3 Å². The molecule has 0 aliphatic carbocycles. The maximum absolute atomic E-state index is 9.22. The van der Waals surface area contributed by atoms with Gasteiger partial charge in [0, 0.05) is 19.7 Å². The lowest BCUT2D eigenvalue weighted by Gasteiger charge is -2.33. The first-order chi connectivity index (χ1) is 9.24. The molecule has 1 aromatic rings. The van der Waals surface area contributed by atoms with Gasteiger partial charge in [-0.25, -0.2) is 4.98 Å². The lowest BCUT2D eigenvalue weighted by Crippen LogP contribution is -2.40. The van der Waals surface area contributed by atoms with Gasteiger partial charge in [-0.05, 0) is 31.4 Å². The van der Waals surface area contributed by atoms with Crippen molar-refractivity contribution in [3.63, 3.8) is 0 Å². The molecule has 2 rings (SSSR count). The minimum Gasteiger partial charge on any atom is -0.390 e. The molecule has 106 valence electrons. The summed E-state index contributed by atoms with van der Waals surface area (Å²) in [5.41, 5.74) is 0.538. The number of aliphatic hydroxyl groups excluding tert-OH is 1. The summed E-state index contributed by atoms with van der Waals surface area (Å²) in [5, 5.41) is 9.73. The van der Waals surface area contributed by atoms with Crippen molar-refractivity contribution in [3.05, 3.63) is 22.8 Å². The Balaban J connectivity index is 2.04. The van der Waals surface area contributed by atoms with Crippen LogP contribution < -0.4 is 4.90 Å². The molecule has 0 aromatic carbocycles. The zero-order valence-electron chi connectivity index (χ0n) is 11.3. The number of hydrogen-bond donors (Lipinski definition) is 1. The molecule has 1 atom stereocenters. The number of nitrogens with zero attached hydrogens (tertiary/aromatic N) is 2. The molecule has 0 spiro atoms. The number of aromatic nitrogens is 1. The van der Waals surface area contributed by atoms with E-state index in [0.29, 0.717) is 10.7 Å². The summed E-state index contributed by atoms with van der Waals surface area (Å²) in [7, 11) is 0. The SMILES string of the molecule is CCCOC1CCCN(c2ccc(Cl)c(CO)n2)C1. The average Bonchev–Trinajstić information content (AvgIpc) is 2.46. The molecular formula is C14H21ClN2O2. The van der Waals surface area contributed by atoms with Crippen molar-refractivity contribution in [2.75, 3.05) is 24.6 Å². The van der Waals surface area contributed by atoms with Crippen molar-refractivity contribution >= 4 is 17.4 Å². The highest BCUT2D eigenvalue weighted by atomic mass is 35.5. The summed E-state index contributed by atoms with van der Waals surface area (Å²) in [4.78, 5) is 6.63. The molecule has 5 heteroatoms. The Labute approximate surface area is 119 Å². The van der Waals surface area contributed by atoms with Crippen LogP contribution in [0.2, 0.25) is 5.02 Å². The summed E-state index contributed by atoms with van der Waals surface area (Å²) in [6, 6.07) is 3.70. The Bertz CT molecular complexity index is 414. The fourth-order valence-electron chi connectivity index (χ4n) is 2.33. The second kappa shape index (κ2) is 7.08. The molecule has 0 amide bonds. The fourth-order valence-corrected chi connectivity index (χ4v) is 2.49. The lowest BCUT2D eigenvalue weighted by atomic mass is 10.1. The average molecular weight is 285 g/mol. The smallest absolute Gasteiger partial charge is 0.129 e. The van der Waals surface area contributed by atoms with Crippen molar-refractivity contribution in [2.45, 2.75) is 38.9 Å². The highest BCUT2D eigenvalue weighted by molar-refractivity contribution is 6.31. The fraction of sp³-hybridized carbons (Fsp3) is 0.643. The number of aliphatic hydroxyl groups is 1. The third-order valence-electron chi connectivity index (χ3n) is 3.31.